The third-order valence-electron chi connectivity index (χ3n) is 3.74. The zero-order chi connectivity index (χ0) is 14.4. The standard InChI is InChI=1S/C15H21ClN2O2/c16-14-7-2-1-5-12(14)11-17-15(20)18-9-4-3-6-13(18)8-10-19/h1-2,5,7,13,19H,3-4,6,8-11H2,(H,17,20). The van der Waals surface area contributed by atoms with Gasteiger partial charge in [0.15, 0.2) is 0 Å². The molecule has 5 heteroatoms. The van der Waals surface area contributed by atoms with E-state index in [-0.39, 0.29) is 18.7 Å². The Morgan fingerprint density at radius 3 is 2.95 bits per heavy atom. The first-order valence-corrected chi connectivity index (χ1v) is 7.49. The van der Waals surface area contributed by atoms with Crippen LogP contribution in [0.2, 0.25) is 5.02 Å². The van der Waals surface area contributed by atoms with Gasteiger partial charge in [0.2, 0.25) is 0 Å². The second-order valence-electron chi connectivity index (χ2n) is 5.11. The summed E-state index contributed by atoms with van der Waals surface area (Å²) in [6.45, 7) is 1.32. The molecular formula is C15H21ClN2O2. The number of aliphatic hydroxyl groups is 1. The average Bonchev–Trinajstić information content (AvgIpc) is 2.47. The first-order chi connectivity index (χ1) is 9.72. The van der Waals surface area contributed by atoms with Crippen LogP contribution in [0.3, 0.4) is 0 Å². The number of urea groups is 1. The zero-order valence-electron chi connectivity index (χ0n) is 11.5. The van der Waals surface area contributed by atoms with Gasteiger partial charge >= 0.3 is 6.03 Å². The molecule has 2 N–H and O–H groups in total. The minimum Gasteiger partial charge on any atom is -0.396 e. The Morgan fingerprint density at radius 1 is 1.40 bits per heavy atom. The number of nitrogens with zero attached hydrogens (tertiary/aromatic N) is 1. The highest BCUT2D eigenvalue weighted by molar-refractivity contribution is 6.31. The molecular weight excluding hydrogens is 276 g/mol. The minimum absolute atomic E-state index is 0.0666. The normalized spacial score (nSPS) is 18.9. The second-order valence-corrected chi connectivity index (χ2v) is 5.51. The van der Waals surface area contributed by atoms with Crippen LogP contribution in [0.25, 0.3) is 0 Å². The minimum atomic E-state index is -0.0666. The predicted octanol–water partition coefficient (Wildman–Crippen LogP) is 2.79. The summed E-state index contributed by atoms with van der Waals surface area (Å²) < 4.78 is 0. The van der Waals surface area contributed by atoms with Crippen molar-refractivity contribution < 1.29 is 9.90 Å². The number of halogens is 1. The van der Waals surface area contributed by atoms with Crippen LogP contribution in [0, 0.1) is 0 Å². The fourth-order valence-corrected chi connectivity index (χ4v) is 2.83. The topological polar surface area (TPSA) is 52.6 Å². The molecule has 1 aliphatic heterocycles. The maximum Gasteiger partial charge on any atom is 0.317 e. The summed E-state index contributed by atoms with van der Waals surface area (Å²) in [5.41, 5.74) is 0.915. The Labute approximate surface area is 124 Å². The molecule has 0 radical (unpaired) electrons. The van der Waals surface area contributed by atoms with E-state index in [2.05, 4.69) is 5.32 Å². The van der Waals surface area contributed by atoms with Crippen LogP contribution in [0.5, 0.6) is 0 Å². The van der Waals surface area contributed by atoms with E-state index in [0.717, 1.165) is 31.4 Å². The summed E-state index contributed by atoms with van der Waals surface area (Å²) in [6.07, 6.45) is 3.78. The van der Waals surface area contributed by atoms with E-state index in [0.29, 0.717) is 18.0 Å². The van der Waals surface area contributed by atoms with E-state index in [1.807, 2.05) is 29.2 Å². The highest BCUT2D eigenvalue weighted by atomic mass is 35.5. The molecule has 0 spiro atoms. The van der Waals surface area contributed by atoms with E-state index in [4.69, 9.17) is 16.7 Å². The molecule has 1 unspecified atom stereocenters. The van der Waals surface area contributed by atoms with Crippen LogP contribution < -0.4 is 5.32 Å². The summed E-state index contributed by atoms with van der Waals surface area (Å²) in [5, 5.41) is 12.7. The first-order valence-electron chi connectivity index (χ1n) is 7.11. The van der Waals surface area contributed by atoms with Gasteiger partial charge in [-0.1, -0.05) is 29.8 Å². The number of hydrogen-bond acceptors (Lipinski definition) is 2. The summed E-state index contributed by atoms with van der Waals surface area (Å²) >= 11 is 6.07. The molecule has 20 heavy (non-hydrogen) atoms. The average molecular weight is 297 g/mol. The smallest absolute Gasteiger partial charge is 0.317 e. The third kappa shape index (κ3) is 3.87. The van der Waals surface area contributed by atoms with Gasteiger partial charge in [-0.25, -0.2) is 4.79 Å². The molecule has 0 saturated carbocycles. The Kier molecular flexibility index (Phi) is 5.68. The molecule has 1 aromatic carbocycles. The van der Waals surface area contributed by atoms with Gasteiger partial charge in [-0.2, -0.15) is 0 Å². The number of aliphatic hydroxyl groups excluding tert-OH is 1. The number of likely N-dealkylation sites (tertiary alicyclic amines) is 1. The molecule has 1 aliphatic rings. The van der Waals surface area contributed by atoms with Crippen LogP contribution in [-0.4, -0.2) is 35.2 Å². The van der Waals surface area contributed by atoms with Crippen molar-refractivity contribution >= 4 is 17.6 Å². The van der Waals surface area contributed by atoms with E-state index in [1.165, 1.54) is 0 Å². The fourth-order valence-electron chi connectivity index (χ4n) is 2.63. The van der Waals surface area contributed by atoms with Crippen molar-refractivity contribution in [3.05, 3.63) is 34.9 Å². The largest absolute Gasteiger partial charge is 0.396 e. The molecule has 2 rings (SSSR count). The van der Waals surface area contributed by atoms with Gasteiger partial charge < -0.3 is 15.3 Å². The van der Waals surface area contributed by atoms with Gasteiger partial charge in [0, 0.05) is 30.8 Å². The maximum absolute atomic E-state index is 12.3. The lowest BCUT2D eigenvalue weighted by Gasteiger charge is -2.35. The van der Waals surface area contributed by atoms with E-state index in [1.54, 1.807) is 0 Å². The highest BCUT2D eigenvalue weighted by Gasteiger charge is 2.25. The first kappa shape index (κ1) is 15.1. The number of piperidine rings is 1. The number of amides is 2. The molecule has 0 aromatic heterocycles. The van der Waals surface area contributed by atoms with Crippen LogP contribution in [-0.2, 0) is 6.54 Å². The Morgan fingerprint density at radius 2 is 2.20 bits per heavy atom. The molecule has 1 atom stereocenters. The number of benzene rings is 1. The van der Waals surface area contributed by atoms with Crippen LogP contribution in [0.4, 0.5) is 4.79 Å². The molecule has 110 valence electrons. The SMILES string of the molecule is O=C(NCc1ccccc1Cl)N1CCCCC1CCO. The van der Waals surface area contributed by atoms with Gasteiger partial charge in [-0.15, -0.1) is 0 Å². The lowest BCUT2D eigenvalue weighted by molar-refractivity contribution is 0.131. The van der Waals surface area contributed by atoms with Crippen molar-refractivity contribution in [2.45, 2.75) is 38.3 Å². The summed E-state index contributed by atoms with van der Waals surface area (Å²) in [6, 6.07) is 7.59. The van der Waals surface area contributed by atoms with Crippen LogP contribution >= 0.6 is 11.6 Å². The monoisotopic (exact) mass is 296 g/mol. The molecule has 1 fully saturated rings. The van der Waals surface area contributed by atoms with Crippen LogP contribution in [0.1, 0.15) is 31.2 Å². The number of nitrogens with one attached hydrogen (secondary N) is 1. The molecule has 1 saturated heterocycles. The number of hydrogen-bond donors (Lipinski definition) is 2. The molecule has 0 aliphatic carbocycles. The lowest BCUT2D eigenvalue weighted by Crippen LogP contribution is -2.48. The van der Waals surface area contributed by atoms with Gasteiger partial charge in [-0.05, 0) is 37.3 Å². The molecule has 0 bridgehead atoms. The summed E-state index contributed by atoms with van der Waals surface area (Å²) in [4.78, 5) is 14.1. The zero-order valence-corrected chi connectivity index (χ0v) is 12.3. The molecule has 2 amide bonds. The van der Waals surface area contributed by atoms with Crippen molar-refractivity contribution in [1.82, 2.24) is 10.2 Å². The molecule has 1 heterocycles. The van der Waals surface area contributed by atoms with Gasteiger partial charge in [0.1, 0.15) is 0 Å². The van der Waals surface area contributed by atoms with E-state index < -0.39 is 0 Å². The fraction of sp³-hybridized carbons (Fsp3) is 0.533. The van der Waals surface area contributed by atoms with Crippen molar-refractivity contribution in [1.29, 1.82) is 0 Å². The summed E-state index contributed by atoms with van der Waals surface area (Å²) in [7, 11) is 0. The quantitative estimate of drug-likeness (QED) is 0.898. The Bertz CT molecular complexity index is 451. The van der Waals surface area contributed by atoms with Crippen molar-refractivity contribution in [3.63, 3.8) is 0 Å². The van der Waals surface area contributed by atoms with Crippen LogP contribution in [0.15, 0.2) is 24.3 Å². The van der Waals surface area contributed by atoms with Crippen molar-refractivity contribution in [3.8, 4) is 0 Å². The number of carbonyl (C=O) groups is 1. The van der Waals surface area contributed by atoms with Crippen molar-refractivity contribution in [2.75, 3.05) is 13.2 Å². The highest BCUT2D eigenvalue weighted by Crippen LogP contribution is 2.20. The van der Waals surface area contributed by atoms with Gasteiger partial charge in [0.25, 0.3) is 0 Å². The lowest BCUT2D eigenvalue weighted by atomic mass is 10.0. The summed E-state index contributed by atoms with van der Waals surface area (Å²) in [5.74, 6) is 0. The van der Waals surface area contributed by atoms with E-state index in [9.17, 15) is 4.79 Å². The third-order valence-corrected chi connectivity index (χ3v) is 4.11. The predicted molar refractivity (Wildman–Crippen MR) is 79.7 cm³/mol. The van der Waals surface area contributed by atoms with Gasteiger partial charge in [-0.3, -0.25) is 0 Å². The molecule has 4 nitrogen and oxygen atoms in total. The Hall–Kier alpha value is -1.26. The molecule has 1 aromatic rings. The van der Waals surface area contributed by atoms with Gasteiger partial charge in [0.05, 0.1) is 0 Å². The number of rotatable bonds is 4. The maximum atomic E-state index is 12.3. The second kappa shape index (κ2) is 7.50. The van der Waals surface area contributed by atoms with E-state index >= 15 is 0 Å². The number of carbonyl (C=O) groups excluding carboxylic acids is 1. The van der Waals surface area contributed by atoms with Crippen molar-refractivity contribution in [2.24, 2.45) is 0 Å². The Balaban J connectivity index is 1.91.